The molecule has 2 N–H and O–H groups in total. The van der Waals surface area contributed by atoms with Crippen LogP contribution in [0.1, 0.15) is 47.5 Å². The van der Waals surface area contributed by atoms with Crippen LogP contribution in [0.3, 0.4) is 0 Å². The predicted octanol–water partition coefficient (Wildman–Crippen LogP) is 1.83. The lowest BCUT2D eigenvalue weighted by Gasteiger charge is -2.44. The van der Waals surface area contributed by atoms with Gasteiger partial charge >= 0.3 is 6.09 Å². The molecule has 1 atom stereocenters. The lowest BCUT2D eigenvalue weighted by atomic mass is 9.82. The molecule has 1 fully saturated rings. The van der Waals surface area contributed by atoms with Gasteiger partial charge in [-0.3, -0.25) is 0 Å². The van der Waals surface area contributed by atoms with E-state index in [1.54, 1.807) is 0 Å². The summed E-state index contributed by atoms with van der Waals surface area (Å²) in [4.78, 5) is 11.8. The fourth-order valence-electron chi connectivity index (χ4n) is 2.28. The number of aliphatic hydroxyl groups is 1. The van der Waals surface area contributed by atoms with E-state index in [1.165, 1.54) is 0 Å². The molecule has 0 radical (unpaired) electrons. The molecule has 5 nitrogen and oxygen atoms in total. The molecular formula is C13H25NO4. The zero-order valence-electron chi connectivity index (χ0n) is 12.0. The van der Waals surface area contributed by atoms with E-state index in [0.717, 1.165) is 0 Å². The second-order valence-corrected chi connectivity index (χ2v) is 6.60. The van der Waals surface area contributed by atoms with Crippen molar-refractivity contribution in [2.24, 2.45) is 0 Å². The van der Waals surface area contributed by atoms with Gasteiger partial charge in [-0.2, -0.15) is 0 Å². The Morgan fingerprint density at radius 2 is 2.06 bits per heavy atom. The molecule has 1 amide bonds. The van der Waals surface area contributed by atoms with Crippen LogP contribution in [0, 0.1) is 0 Å². The first-order chi connectivity index (χ1) is 8.08. The van der Waals surface area contributed by atoms with Gasteiger partial charge in [0.15, 0.2) is 0 Å². The predicted molar refractivity (Wildman–Crippen MR) is 68.5 cm³/mol. The SMILES string of the molecule is CC(C)(C)OC(=O)NC1(CO)CCOC(C)(C)C1. The molecule has 5 heteroatoms. The third-order valence-corrected chi connectivity index (χ3v) is 2.91. The van der Waals surface area contributed by atoms with Gasteiger partial charge in [0.25, 0.3) is 0 Å². The van der Waals surface area contributed by atoms with E-state index in [0.29, 0.717) is 19.4 Å². The van der Waals surface area contributed by atoms with Gasteiger partial charge in [0, 0.05) is 13.0 Å². The van der Waals surface area contributed by atoms with E-state index in [4.69, 9.17) is 9.47 Å². The van der Waals surface area contributed by atoms with Crippen molar-refractivity contribution in [1.82, 2.24) is 5.32 Å². The number of aliphatic hydroxyl groups excluding tert-OH is 1. The van der Waals surface area contributed by atoms with Crippen molar-refractivity contribution in [2.45, 2.75) is 64.2 Å². The van der Waals surface area contributed by atoms with Crippen molar-refractivity contribution in [3.8, 4) is 0 Å². The van der Waals surface area contributed by atoms with Crippen LogP contribution < -0.4 is 5.32 Å². The van der Waals surface area contributed by atoms with Gasteiger partial charge < -0.3 is 19.9 Å². The summed E-state index contributed by atoms with van der Waals surface area (Å²) in [5.74, 6) is 0. The van der Waals surface area contributed by atoms with E-state index < -0.39 is 17.2 Å². The van der Waals surface area contributed by atoms with Crippen molar-refractivity contribution in [1.29, 1.82) is 0 Å². The fourth-order valence-corrected chi connectivity index (χ4v) is 2.28. The van der Waals surface area contributed by atoms with Crippen LogP contribution in [0.15, 0.2) is 0 Å². The van der Waals surface area contributed by atoms with Gasteiger partial charge in [-0.05, 0) is 41.0 Å². The maximum Gasteiger partial charge on any atom is 0.408 e. The summed E-state index contributed by atoms with van der Waals surface area (Å²) >= 11 is 0. The molecule has 1 unspecified atom stereocenters. The Hall–Kier alpha value is -0.810. The Bertz CT molecular complexity index is 309. The average Bonchev–Trinajstić information content (AvgIpc) is 2.12. The van der Waals surface area contributed by atoms with Crippen LogP contribution in [0.5, 0.6) is 0 Å². The standard InChI is InChI=1S/C13H25NO4/c1-11(2,3)18-10(16)14-13(9-15)6-7-17-12(4,5)8-13/h15H,6-9H2,1-5H3,(H,14,16). The minimum atomic E-state index is -0.649. The Morgan fingerprint density at radius 3 is 2.50 bits per heavy atom. The molecule has 1 heterocycles. The Labute approximate surface area is 109 Å². The van der Waals surface area contributed by atoms with E-state index in [9.17, 15) is 9.90 Å². The second-order valence-electron chi connectivity index (χ2n) is 6.60. The number of hydrogen-bond acceptors (Lipinski definition) is 4. The summed E-state index contributed by atoms with van der Waals surface area (Å²) in [5, 5.41) is 12.4. The van der Waals surface area contributed by atoms with Gasteiger partial charge in [0.05, 0.1) is 17.7 Å². The van der Waals surface area contributed by atoms with Crippen LogP contribution in [-0.4, -0.2) is 41.2 Å². The van der Waals surface area contributed by atoms with Crippen LogP contribution >= 0.6 is 0 Å². The summed E-state index contributed by atoms with van der Waals surface area (Å²) in [6, 6.07) is 0. The van der Waals surface area contributed by atoms with Gasteiger partial charge in [-0.1, -0.05) is 0 Å². The van der Waals surface area contributed by atoms with E-state index in [-0.39, 0.29) is 12.2 Å². The maximum atomic E-state index is 11.8. The van der Waals surface area contributed by atoms with E-state index in [2.05, 4.69) is 5.32 Å². The minimum absolute atomic E-state index is 0.112. The third-order valence-electron chi connectivity index (χ3n) is 2.91. The molecule has 0 aromatic heterocycles. The molecule has 1 aliphatic heterocycles. The number of carbonyl (C=O) groups is 1. The molecule has 0 aliphatic carbocycles. The average molecular weight is 259 g/mol. The van der Waals surface area contributed by atoms with Crippen molar-refractivity contribution in [3.63, 3.8) is 0 Å². The summed E-state index contributed by atoms with van der Waals surface area (Å²) in [6.07, 6.45) is 0.663. The molecule has 1 aliphatic rings. The monoisotopic (exact) mass is 259 g/mol. The van der Waals surface area contributed by atoms with Crippen LogP contribution in [-0.2, 0) is 9.47 Å². The van der Waals surface area contributed by atoms with Gasteiger partial charge in [0.2, 0.25) is 0 Å². The molecule has 0 spiro atoms. The summed E-state index contributed by atoms with van der Waals surface area (Å²) in [5.41, 5.74) is -1.54. The Balaban J connectivity index is 2.68. The second kappa shape index (κ2) is 5.05. The van der Waals surface area contributed by atoms with E-state index >= 15 is 0 Å². The lowest BCUT2D eigenvalue weighted by molar-refractivity contribution is -0.0977. The number of amides is 1. The van der Waals surface area contributed by atoms with Crippen LogP contribution in [0.25, 0.3) is 0 Å². The molecule has 106 valence electrons. The van der Waals surface area contributed by atoms with Gasteiger partial charge in [-0.15, -0.1) is 0 Å². The zero-order chi connectivity index (χ0) is 14.0. The highest BCUT2D eigenvalue weighted by atomic mass is 16.6. The third kappa shape index (κ3) is 4.46. The van der Waals surface area contributed by atoms with E-state index in [1.807, 2.05) is 34.6 Å². The zero-order valence-corrected chi connectivity index (χ0v) is 12.0. The topological polar surface area (TPSA) is 67.8 Å². The quantitative estimate of drug-likeness (QED) is 0.794. The van der Waals surface area contributed by atoms with Gasteiger partial charge in [0.1, 0.15) is 5.60 Å². The molecule has 0 bridgehead atoms. The summed E-state index contributed by atoms with van der Waals surface area (Å²) < 4.78 is 10.8. The Kier molecular flexibility index (Phi) is 4.28. The fraction of sp³-hybridized carbons (Fsp3) is 0.923. The molecule has 0 saturated carbocycles. The number of nitrogens with one attached hydrogen (secondary N) is 1. The highest BCUT2D eigenvalue weighted by Crippen LogP contribution is 2.32. The number of hydrogen-bond donors (Lipinski definition) is 2. The van der Waals surface area contributed by atoms with Crippen molar-refractivity contribution in [3.05, 3.63) is 0 Å². The van der Waals surface area contributed by atoms with Crippen molar-refractivity contribution in [2.75, 3.05) is 13.2 Å². The van der Waals surface area contributed by atoms with Crippen LogP contribution in [0.2, 0.25) is 0 Å². The van der Waals surface area contributed by atoms with Crippen molar-refractivity contribution < 1.29 is 19.4 Å². The first kappa shape index (κ1) is 15.2. The molecule has 1 saturated heterocycles. The minimum Gasteiger partial charge on any atom is -0.444 e. The normalized spacial score (nSPS) is 27.7. The number of rotatable bonds is 2. The summed E-state index contributed by atoms with van der Waals surface area (Å²) in [6.45, 7) is 9.74. The number of carbonyl (C=O) groups excluding carboxylic acids is 1. The lowest BCUT2D eigenvalue weighted by Crippen LogP contribution is -2.59. The molecule has 18 heavy (non-hydrogen) atoms. The molecule has 0 aromatic rings. The van der Waals surface area contributed by atoms with Gasteiger partial charge in [-0.25, -0.2) is 4.79 Å². The molecule has 1 rings (SSSR count). The highest BCUT2D eigenvalue weighted by Gasteiger charge is 2.42. The number of alkyl carbamates (subject to hydrolysis) is 1. The Morgan fingerprint density at radius 1 is 1.44 bits per heavy atom. The smallest absolute Gasteiger partial charge is 0.408 e. The highest BCUT2D eigenvalue weighted by molar-refractivity contribution is 5.68. The molecule has 0 aromatic carbocycles. The largest absolute Gasteiger partial charge is 0.444 e. The molecular weight excluding hydrogens is 234 g/mol. The van der Waals surface area contributed by atoms with Crippen LogP contribution in [0.4, 0.5) is 4.79 Å². The van der Waals surface area contributed by atoms with Crippen molar-refractivity contribution >= 4 is 6.09 Å². The first-order valence-corrected chi connectivity index (χ1v) is 6.34. The summed E-state index contributed by atoms with van der Waals surface area (Å²) in [7, 11) is 0. The first-order valence-electron chi connectivity index (χ1n) is 6.34. The number of ether oxygens (including phenoxy) is 2. The maximum absolute atomic E-state index is 11.8.